The van der Waals surface area contributed by atoms with Crippen molar-refractivity contribution < 1.29 is 4.74 Å². The van der Waals surface area contributed by atoms with Gasteiger partial charge in [-0.3, -0.25) is 0 Å². The molecule has 0 bridgehead atoms. The number of hydrogen-bond donors (Lipinski definition) is 1. The topological polar surface area (TPSA) is 21.3 Å². The van der Waals surface area contributed by atoms with Crippen LogP contribution in [-0.2, 0) is 4.74 Å². The molecule has 1 aliphatic carbocycles. The summed E-state index contributed by atoms with van der Waals surface area (Å²) in [5, 5.41) is 3.70. The molecule has 2 rings (SSSR count). The van der Waals surface area contributed by atoms with E-state index in [9.17, 15) is 0 Å². The Morgan fingerprint density at radius 2 is 2.26 bits per heavy atom. The first-order chi connectivity index (χ1) is 9.10. The maximum atomic E-state index is 5.80. The lowest BCUT2D eigenvalue weighted by molar-refractivity contribution is -0.0838. The highest BCUT2D eigenvalue weighted by Gasteiger charge is 2.39. The van der Waals surface area contributed by atoms with Gasteiger partial charge in [0.25, 0.3) is 0 Å². The third kappa shape index (κ3) is 3.60. The van der Waals surface area contributed by atoms with Gasteiger partial charge >= 0.3 is 0 Å². The summed E-state index contributed by atoms with van der Waals surface area (Å²) in [7, 11) is 1.87. The molecule has 0 spiro atoms. The summed E-state index contributed by atoms with van der Waals surface area (Å²) >= 11 is 5.43. The molecule has 4 heteroatoms. The summed E-state index contributed by atoms with van der Waals surface area (Å²) in [5.74, 6) is 0. The quantitative estimate of drug-likeness (QED) is 0.764. The van der Waals surface area contributed by atoms with Gasteiger partial charge < -0.3 is 10.1 Å². The number of aryl methyl sites for hydroxylation is 1. The lowest BCUT2D eigenvalue weighted by Gasteiger charge is -2.43. The van der Waals surface area contributed by atoms with Crippen LogP contribution in [0.5, 0.6) is 0 Å². The zero-order chi connectivity index (χ0) is 13.9. The Bertz CT molecular complexity index is 409. The maximum Gasteiger partial charge on any atom is 0.0704 e. The molecule has 1 heterocycles. The van der Waals surface area contributed by atoms with Crippen LogP contribution in [0.2, 0.25) is 0 Å². The third-order valence-electron chi connectivity index (χ3n) is 4.22. The summed E-state index contributed by atoms with van der Waals surface area (Å²) in [4.78, 5) is 1.41. The van der Waals surface area contributed by atoms with E-state index in [1.807, 2.05) is 18.4 Å². The van der Waals surface area contributed by atoms with Crippen LogP contribution < -0.4 is 5.32 Å². The number of ether oxygens (including phenoxy) is 1. The molecule has 1 aromatic heterocycles. The second-order valence-corrected chi connectivity index (χ2v) is 8.15. The van der Waals surface area contributed by atoms with E-state index >= 15 is 0 Å². The first kappa shape index (κ1) is 15.5. The smallest absolute Gasteiger partial charge is 0.0704 e. The largest absolute Gasteiger partial charge is 0.378 e. The summed E-state index contributed by atoms with van der Waals surface area (Å²) in [6, 6.07) is 2.69. The van der Waals surface area contributed by atoms with Crippen molar-refractivity contribution >= 4 is 27.3 Å². The highest BCUT2D eigenvalue weighted by Crippen LogP contribution is 2.43. The molecule has 1 N–H and O–H groups in total. The van der Waals surface area contributed by atoms with Gasteiger partial charge in [-0.1, -0.05) is 6.92 Å². The lowest BCUT2D eigenvalue weighted by atomic mass is 9.74. The number of halogens is 1. The maximum absolute atomic E-state index is 5.80. The second kappa shape index (κ2) is 6.70. The van der Waals surface area contributed by atoms with E-state index in [1.165, 1.54) is 39.9 Å². The zero-order valence-electron chi connectivity index (χ0n) is 12.1. The molecule has 1 atom stereocenters. The summed E-state index contributed by atoms with van der Waals surface area (Å²) in [6.07, 6.45) is 5.98. The van der Waals surface area contributed by atoms with Crippen LogP contribution in [0.15, 0.2) is 9.85 Å². The second-order valence-electron chi connectivity index (χ2n) is 5.51. The molecule has 0 aromatic carbocycles. The molecule has 0 radical (unpaired) electrons. The van der Waals surface area contributed by atoms with Crippen molar-refractivity contribution in [2.24, 2.45) is 0 Å². The van der Waals surface area contributed by atoms with Gasteiger partial charge in [-0.15, -0.1) is 11.3 Å². The first-order valence-corrected chi connectivity index (χ1v) is 8.75. The van der Waals surface area contributed by atoms with Crippen molar-refractivity contribution in [2.75, 3.05) is 13.7 Å². The van der Waals surface area contributed by atoms with Crippen LogP contribution in [0.3, 0.4) is 0 Å². The van der Waals surface area contributed by atoms with Crippen LogP contribution in [0.4, 0.5) is 0 Å². The van der Waals surface area contributed by atoms with Gasteiger partial charge in [0.1, 0.15) is 0 Å². The van der Waals surface area contributed by atoms with Crippen molar-refractivity contribution in [3.63, 3.8) is 0 Å². The van der Waals surface area contributed by atoms with Crippen LogP contribution in [0.25, 0.3) is 0 Å². The van der Waals surface area contributed by atoms with Crippen LogP contribution in [0, 0.1) is 6.92 Å². The summed E-state index contributed by atoms with van der Waals surface area (Å²) in [5.41, 5.74) is 1.56. The standard InChI is InChI=1S/C15H24BrNOS/c1-4-8-17-13(10-15(18-3)6-5-7-15)12-9-14(16)19-11(12)2/h9,13,17H,4-8,10H2,1-3H3. The minimum atomic E-state index is 0.117. The predicted molar refractivity (Wildman–Crippen MR) is 86.0 cm³/mol. The van der Waals surface area contributed by atoms with Crippen LogP contribution in [0.1, 0.15) is 55.5 Å². The molecule has 1 unspecified atom stereocenters. The molecular formula is C15H24BrNOS. The van der Waals surface area contributed by atoms with Crippen molar-refractivity contribution in [3.05, 3.63) is 20.3 Å². The van der Waals surface area contributed by atoms with Crippen molar-refractivity contribution in [2.45, 2.75) is 57.6 Å². The normalized spacial score (nSPS) is 19.2. The molecule has 1 aromatic rings. The predicted octanol–water partition coefficient (Wildman–Crippen LogP) is 4.82. The Hall–Kier alpha value is 0.1000. The monoisotopic (exact) mass is 345 g/mol. The van der Waals surface area contributed by atoms with Crippen molar-refractivity contribution in [1.29, 1.82) is 0 Å². The Kier molecular flexibility index (Phi) is 5.46. The van der Waals surface area contributed by atoms with E-state index in [0.717, 1.165) is 13.0 Å². The van der Waals surface area contributed by atoms with Gasteiger partial charge in [-0.05, 0) is 73.1 Å². The molecule has 1 aliphatic rings. The van der Waals surface area contributed by atoms with E-state index in [0.29, 0.717) is 6.04 Å². The SMILES string of the molecule is CCCNC(CC1(OC)CCC1)c1cc(Br)sc1C. The molecule has 0 amide bonds. The minimum Gasteiger partial charge on any atom is -0.378 e. The number of hydrogen-bond acceptors (Lipinski definition) is 3. The molecular weight excluding hydrogens is 322 g/mol. The molecule has 0 aliphatic heterocycles. The minimum absolute atomic E-state index is 0.117. The third-order valence-corrected chi connectivity index (χ3v) is 5.79. The highest BCUT2D eigenvalue weighted by atomic mass is 79.9. The van der Waals surface area contributed by atoms with Crippen molar-refractivity contribution in [1.82, 2.24) is 5.32 Å². The number of rotatable bonds is 7. The van der Waals surface area contributed by atoms with Crippen molar-refractivity contribution in [3.8, 4) is 0 Å². The average Bonchev–Trinajstić information content (AvgIpc) is 2.67. The number of methoxy groups -OCH3 is 1. The molecule has 0 saturated heterocycles. The Morgan fingerprint density at radius 1 is 1.53 bits per heavy atom. The van der Waals surface area contributed by atoms with Crippen LogP contribution >= 0.6 is 27.3 Å². The van der Waals surface area contributed by atoms with Gasteiger partial charge in [-0.2, -0.15) is 0 Å². The van der Waals surface area contributed by atoms with E-state index in [-0.39, 0.29) is 5.60 Å². The fraction of sp³-hybridized carbons (Fsp3) is 0.733. The molecule has 108 valence electrons. The Labute approximate surface area is 129 Å². The fourth-order valence-electron chi connectivity index (χ4n) is 2.85. The fourth-order valence-corrected chi connectivity index (χ4v) is 4.62. The van der Waals surface area contributed by atoms with Gasteiger partial charge in [0, 0.05) is 18.0 Å². The van der Waals surface area contributed by atoms with E-state index < -0.39 is 0 Å². The number of nitrogens with one attached hydrogen (secondary N) is 1. The molecule has 1 saturated carbocycles. The lowest BCUT2D eigenvalue weighted by Crippen LogP contribution is -2.43. The summed E-state index contributed by atoms with van der Waals surface area (Å²) < 4.78 is 7.03. The van der Waals surface area contributed by atoms with Gasteiger partial charge in [-0.25, -0.2) is 0 Å². The number of thiophene rings is 1. The van der Waals surface area contributed by atoms with E-state index in [1.54, 1.807) is 0 Å². The zero-order valence-corrected chi connectivity index (χ0v) is 14.5. The van der Waals surface area contributed by atoms with Gasteiger partial charge in [0.15, 0.2) is 0 Å². The summed E-state index contributed by atoms with van der Waals surface area (Å²) in [6.45, 7) is 5.50. The van der Waals surface area contributed by atoms with Gasteiger partial charge in [0.05, 0.1) is 9.39 Å². The van der Waals surface area contributed by atoms with E-state index in [2.05, 4.69) is 41.2 Å². The van der Waals surface area contributed by atoms with Crippen LogP contribution in [-0.4, -0.2) is 19.3 Å². The van der Waals surface area contributed by atoms with E-state index in [4.69, 9.17) is 4.74 Å². The molecule has 19 heavy (non-hydrogen) atoms. The molecule has 1 fully saturated rings. The Morgan fingerprint density at radius 3 is 2.68 bits per heavy atom. The average molecular weight is 346 g/mol. The molecule has 2 nitrogen and oxygen atoms in total. The first-order valence-electron chi connectivity index (χ1n) is 7.14. The highest BCUT2D eigenvalue weighted by molar-refractivity contribution is 9.11. The van der Waals surface area contributed by atoms with Gasteiger partial charge in [0.2, 0.25) is 0 Å². The Balaban J connectivity index is 2.13.